The molecule has 0 unspecified atom stereocenters. The van der Waals surface area contributed by atoms with Crippen LogP contribution in [0.25, 0.3) is 0 Å². The van der Waals surface area contributed by atoms with Gasteiger partial charge in [0.25, 0.3) is 5.91 Å². The van der Waals surface area contributed by atoms with Gasteiger partial charge < -0.3 is 15.5 Å². The van der Waals surface area contributed by atoms with Crippen LogP contribution < -0.4 is 15.5 Å². The summed E-state index contributed by atoms with van der Waals surface area (Å²) in [5.41, 5.74) is 0.866. The molecule has 1 saturated heterocycles. The summed E-state index contributed by atoms with van der Waals surface area (Å²) in [4.78, 5) is 55.4. The van der Waals surface area contributed by atoms with Crippen LogP contribution >= 0.6 is 11.3 Å². The number of carbonyl (C=O) groups is 4. The summed E-state index contributed by atoms with van der Waals surface area (Å²) in [6.07, 6.45) is 2.34. The van der Waals surface area contributed by atoms with Gasteiger partial charge in [-0.15, -0.1) is 11.3 Å². The zero-order valence-electron chi connectivity index (χ0n) is 17.0. The van der Waals surface area contributed by atoms with Crippen molar-refractivity contribution in [2.75, 3.05) is 16.8 Å². The van der Waals surface area contributed by atoms with Crippen molar-refractivity contribution >= 4 is 46.5 Å². The number of hydrogen-bond donors (Lipinski definition) is 2. The molecule has 3 aliphatic rings. The molecule has 9 heteroatoms. The highest BCUT2D eigenvalue weighted by Gasteiger charge is 2.55. The molecule has 0 bridgehead atoms. The van der Waals surface area contributed by atoms with Crippen molar-refractivity contribution in [3.63, 3.8) is 0 Å². The molecule has 2 aliphatic heterocycles. The average molecular weight is 439 g/mol. The monoisotopic (exact) mass is 438 g/mol. The normalized spacial score (nSPS) is 25.1. The zero-order valence-corrected chi connectivity index (χ0v) is 17.8. The Kier molecular flexibility index (Phi) is 4.58. The van der Waals surface area contributed by atoms with Gasteiger partial charge in [-0.05, 0) is 49.8 Å². The molecule has 5 amide bonds. The van der Waals surface area contributed by atoms with Gasteiger partial charge >= 0.3 is 6.03 Å². The van der Waals surface area contributed by atoms with Crippen LogP contribution in [-0.4, -0.2) is 41.2 Å². The van der Waals surface area contributed by atoms with Crippen molar-refractivity contribution in [2.24, 2.45) is 0 Å². The van der Waals surface area contributed by atoms with Gasteiger partial charge in [-0.3, -0.25) is 19.3 Å². The Bertz CT molecular complexity index is 1110. The van der Waals surface area contributed by atoms with Gasteiger partial charge in [0.05, 0.1) is 11.4 Å². The minimum absolute atomic E-state index is 0.128. The maximum atomic E-state index is 13.4. The van der Waals surface area contributed by atoms with Gasteiger partial charge in [-0.25, -0.2) is 4.79 Å². The minimum atomic E-state index is -1.08. The highest BCUT2D eigenvalue weighted by atomic mass is 32.1. The molecule has 2 N–H and O–H groups in total. The van der Waals surface area contributed by atoms with E-state index in [2.05, 4.69) is 10.6 Å². The lowest BCUT2D eigenvalue weighted by Crippen LogP contribution is -2.48. The van der Waals surface area contributed by atoms with Crippen molar-refractivity contribution < 1.29 is 19.2 Å². The summed E-state index contributed by atoms with van der Waals surface area (Å²) in [7, 11) is 0. The molecule has 2 atom stereocenters. The maximum absolute atomic E-state index is 13.4. The van der Waals surface area contributed by atoms with Crippen LogP contribution in [0.2, 0.25) is 0 Å². The first kappa shape index (κ1) is 19.7. The van der Waals surface area contributed by atoms with Gasteiger partial charge in [0.15, 0.2) is 0 Å². The number of carbonyl (C=O) groups excluding carboxylic acids is 4. The topological polar surface area (TPSA) is 98.8 Å². The Morgan fingerprint density at radius 3 is 2.87 bits per heavy atom. The summed E-state index contributed by atoms with van der Waals surface area (Å²) in [5.74, 6) is -0.968. The van der Waals surface area contributed by atoms with Crippen molar-refractivity contribution in [3.05, 3.63) is 46.2 Å². The number of urea groups is 1. The van der Waals surface area contributed by atoms with Crippen LogP contribution in [0.1, 0.15) is 36.6 Å². The zero-order chi connectivity index (χ0) is 21.8. The molecule has 0 radical (unpaired) electrons. The number of benzene rings is 1. The summed E-state index contributed by atoms with van der Waals surface area (Å²) >= 11 is 1.59. The van der Waals surface area contributed by atoms with E-state index in [4.69, 9.17) is 0 Å². The summed E-state index contributed by atoms with van der Waals surface area (Å²) in [6.45, 7) is 1.41. The standard InChI is InChI=1S/C22H22N4O4S/c1-13-11-18(27)23-15-5-2-3-6-16(15)26(13)19(28)12-25-20(29)22(24-21(25)30)9-4-7-17-14(22)8-10-31-17/h2-3,5-6,8,10,13H,4,7,9,11-12H2,1H3,(H,23,27)(H,24,30)/t13-,22+/m0/s1. The average Bonchev–Trinajstić information content (AvgIpc) is 3.26. The number of thiophene rings is 1. The van der Waals surface area contributed by atoms with E-state index in [1.165, 1.54) is 4.90 Å². The van der Waals surface area contributed by atoms with Gasteiger partial charge in [-0.2, -0.15) is 0 Å². The Labute approximate surface area is 183 Å². The van der Waals surface area contributed by atoms with Gasteiger partial charge in [-0.1, -0.05) is 12.1 Å². The Morgan fingerprint density at radius 2 is 2.03 bits per heavy atom. The van der Waals surface area contributed by atoms with E-state index in [1.54, 1.807) is 42.5 Å². The third kappa shape index (κ3) is 3.03. The Balaban J connectivity index is 1.44. The minimum Gasteiger partial charge on any atom is -0.324 e. The molecule has 1 aromatic heterocycles. The molecule has 5 rings (SSSR count). The van der Waals surface area contributed by atoms with E-state index in [1.807, 2.05) is 11.4 Å². The molecule has 0 saturated carbocycles. The number of amides is 5. The van der Waals surface area contributed by atoms with Gasteiger partial charge in [0.1, 0.15) is 12.1 Å². The number of aryl methyl sites for hydroxylation is 1. The predicted octanol–water partition coefficient (Wildman–Crippen LogP) is 2.60. The van der Waals surface area contributed by atoms with E-state index >= 15 is 0 Å². The molecule has 1 fully saturated rings. The number of para-hydroxylation sites is 2. The van der Waals surface area contributed by atoms with Crippen LogP contribution in [0.3, 0.4) is 0 Å². The first-order chi connectivity index (χ1) is 14.9. The molecular weight excluding hydrogens is 416 g/mol. The highest BCUT2D eigenvalue weighted by molar-refractivity contribution is 7.10. The van der Waals surface area contributed by atoms with Crippen molar-refractivity contribution in [1.82, 2.24) is 10.2 Å². The van der Waals surface area contributed by atoms with Crippen molar-refractivity contribution in [2.45, 2.75) is 44.2 Å². The Morgan fingerprint density at radius 1 is 1.23 bits per heavy atom. The largest absolute Gasteiger partial charge is 0.325 e. The number of imide groups is 1. The number of fused-ring (bicyclic) bond motifs is 3. The summed E-state index contributed by atoms with van der Waals surface area (Å²) in [6, 6.07) is 7.97. The first-order valence-corrected chi connectivity index (χ1v) is 11.2. The Hall–Kier alpha value is -3.20. The van der Waals surface area contributed by atoms with E-state index in [0.29, 0.717) is 17.8 Å². The maximum Gasteiger partial charge on any atom is 0.325 e. The van der Waals surface area contributed by atoms with Crippen LogP contribution in [0.4, 0.5) is 16.2 Å². The van der Waals surface area contributed by atoms with Crippen molar-refractivity contribution in [3.8, 4) is 0 Å². The van der Waals surface area contributed by atoms with E-state index in [9.17, 15) is 19.2 Å². The molecule has 2 aromatic rings. The highest BCUT2D eigenvalue weighted by Crippen LogP contribution is 2.42. The van der Waals surface area contributed by atoms with Crippen LogP contribution in [0, 0.1) is 0 Å². The lowest BCUT2D eigenvalue weighted by Gasteiger charge is -2.32. The molecule has 160 valence electrons. The fraction of sp³-hybridized carbons (Fsp3) is 0.364. The second-order valence-corrected chi connectivity index (χ2v) is 9.22. The molecule has 31 heavy (non-hydrogen) atoms. The third-order valence-electron chi connectivity index (χ3n) is 6.26. The molecule has 3 heterocycles. The fourth-order valence-corrected chi connectivity index (χ4v) is 5.86. The van der Waals surface area contributed by atoms with E-state index in [0.717, 1.165) is 28.2 Å². The number of hydrogen-bond acceptors (Lipinski definition) is 5. The van der Waals surface area contributed by atoms with Crippen LogP contribution in [0.5, 0.6) is 0 Å². The summed E-state index contributed by atoms with van der Waals surface area (Å²) < 4.78 is 0. The lowest BCUT2D eigenvalue weighted by molar-refractivity contribution is -0.135. The SMILES string of the molecule is C[C@H]1CC(=O)Nc2ccccc2N1C(=O)CN1C(=O)N[C@@]2(CCCc3sccc32)C1=O. The lowest BCUT2D eigenvalue weighted by atomic mass is 9.80. The van der Waals surface area contributed by atoms with Crippen LogP contribution in [0.15, 0.2) is 35.7 Å². The smallest absolute Gasteiger partial charge is 0.324 e. The van der Waals surface area contributed by atoms with Crippen LogP contribution in [-0.2, 0) is 26.3 Å². The predicted molar refractivity (Wildman–Crippen MR) is 116 cm³/mol. The molecular formula is C22H22N4O4S. The number of anilines is 2. The third-order valence-corrected chi connectivity index (χ3v) is 7.24. The van der Waals surface area contributed by atoms with Gasteiger partial charge in [0.2, 0.25) is 11.8 Å². The fourth-order valence-electron chi connectivity index (χ4n) is 4.86. The number of nitrogens with zero attached hydrogens (tertiary/aromatic N) is 2. The second-order valence-electron chi connectivity index (χ2n) is 8.22. The number of rotatable bonds is 2. The van der Waals surface area contributed by atoms with Gasteiger partial charge in [0, 0.05) is 22.9 Å². The van der Waals surface area contributed by atoms with E-state index in [-0.39, 0.29) is 24.8 Å². The number of nitrogens with one attached hydrogen (secondary N) is 2. The van der Waals surface area contributed by atoms with E-state index < -0.39 is 23.5 Å². The molecule has 8 nitrogen and oxygen atoms in total. The molecule has 1 spiro atoms. The quantitative estimate of drug-likeness (QED) is 0.704. The first-order valence-electron chi connectivity index (χ1n) is 10.3. The summed E-state index contributed by atoms with van der Waals surface area (Å²) in [5, 5.41) is 7.62. The van der Waals surface area contributed by atoms with Crippen molar-refractivity contribution in [1.29, 1.82) is 0 Å². The second kappa shape index (κ2) is 7.19. The molecule has 1 aliphatic carbocycles. The molecule has 1 aromatic carbocycles.